The van der Waals surface area contributed by atoms with Crippen molar-refractivity contribution in [2.75, 3.05) is 10.6 Å². The van der Waals surface area contributed by atoms with Crippen LogP contribution in [0.25, 0.3) is 0 Å². The fourth-order valence-corrected chi connectivity index (χ4v) is 4.10. The highest BCUT2D eigenvalue weighted by atomic mass is 32.2. The lowest BCUT2D eigenvalue weighted by Crippen LogP contribution is -2.32. The maximum Gasteiger partial charge on any atom is 0.238 e. The largest absolute Gasteiger partial charge is 0.455 e. The summed E-state index contributed by atoms with van der Waals surface area (Å²) >= 11 is 1.41. The van der Waals surface area contributed by atoms with Crippen molar-refractivity contribution in [1.82, 2.24) is 0 Å². The van der Waals surface area contributed by atoms with Crippen LogP contribution < -0.4 is 15.4 Å². The van der Waals surface area contributed by atoms with Crippen LogP contribution in [0, 0.1) is 6.92 Å². The molecule has 0 saturated carbocycles. The first kappa shape index (κ1) is 19.1. The molecule has 3 aromatic carbocycles. The van der Waals surface area contributed by atoms with Gasteiger partial charge in [0, 0.05) is 11.3 Å². The van der Waals surface area contributed by atoms with Gasteiger partial charge >= 0.3 is 0 Å². The average Bonchev–Trinajstić information content (AvgIpc) is 2.72. The molecule has 1 heterocycles. The van der Waals surface area contributed by atoms with Crippen molar-refractivity contribution in [2.45, 2.75) is 23.5 Å². The van der Waals surface area contributed by atoms with Crippen LogP contribution in [0.1, 0.15) is 12.0 Å². The highest BCUT2D eigenvalue weighted by Gasteiger charge is 2.29. The van der Waals surface area contributed by atoms with Gasteiger partial charge in [-0.3, -0.25) is 9.59 Å². The maximum atomic E-state index is 12.6. The molecule has 1 aliphatic rings. The molecule has 0 aliphatic carbocycles. The Kier molecular flexibility index (Phi) is 5.53. The number of ether oxygens (including phenoxy) is 1. The third-order valence-electron chi connectivity index (χ3n) is 4.49. The van der Waals surface area contributed by atoms with E-state index in [2.05, 4.69) is 10.6 Å². The monoisotopic (exact) mass is 404 g/mol. The number of aryl methyl sites for hydroxylation is 1. The first-order chi connectivity index (χ1) is 14.1. The van der Waals surface area contributed by atoms with Crippen LogP contribution in [-0.2, 0) is 9.59 Å². The number of benzene rings is 3. The Bertz CT molecular complexity index is 1050. The van der Waals surface area contributed by atoms with Crippen LogP contribution in [0.3, 0.4) is 0 Å². The van der Waals surface area contributed by atoms with E-state index in [1.54, 1.807) is 12.1 Å². The molecule has 2 amide bonds. The minimum atomic E-state index is -0.477. The number of fused-ring (bicyclic) bond motifs is 1. The highest BCUT2D eigenvalue weighted by molar-refractivity contribution is 8.01. The quantitative estimate of drug-likeness (QED) is 0.611. The van der Waals surface area contributed by atoms with Crippen molar-refractivity contribution in [3.63, 3.8) is 0 Å². The van der Waals surface area contributed by atoms with Gasteiger partial charge in [-0.1, -0.05) is 42.0 Å². The summed E-state index contributed by atoms with van der Waals surface area (Å²) < 4.78 is 5.92. The average molecular weight is 404 g/mol. The molecule has 0 bridgehead atoms. The summed E-state index contributed by atoms with van der Waals surface area (Å²) in [4.78, 5) is 25.9. The van der Waals surface area contributed by atoms with Gasteiger partial charge in [-0.2, -0.15) is 0 Å². The number of thioether (sulfide) groups is 1. The van der Waals surface area contributed by atoms with E-state index in [1.165, 1.54) is 11.8 Å². The van der Waals surface area contributed by atoms with Gasteiger partial charge in [0.25, 0.3) is 0 Å². The van der Waals surface area contributed by atoms with E-state index in [1.807, 2.05) is 67.6 Å². The van der Waals surface area contributed by atoms with E-state index in [-0.39, 0.29) is 18.2 Å². The number of hydrogen-bond acceptors (Lipinski definition) is 4. The minimum Gasteiger partial charge on any atom is -0.455 e. The fraction of sp³-hybridized carbons (Fsp3) is 0.130. The second kappa shape index (κ2) is 8.41. The van der Waals surface area contributed by atoms with Crippen LogP contribution in [0.15, 0.2) is 77.7 Å². The Hall–Kier alpha value is -3.25. The first-order valence-electron chi connectivity index (χ1n) is 9.28. The van der Waals surface area contributed by atoms with Crippen LogP contribution in [0.4, 0.5) is 11.4 Å². The van der Waals surface area contributed by atoms with Crippen molar-refractivity contribution in [2.24, 2.45) is 0 Å². The second-order valence-electron chi connectivity index (χ2n) is 6.76. The van der Waals surface area contributed by atoms with Gasteiger partial charge in [0.05, 0.1) is 16.6 Å². The molecule has 0 fully saturated rings. The molecular weight excluding hydrogens is 384 g/mol. The smallest absolute Gasteiger partial charge is 0.238 e. The summed E-state index contributed by atoms with van der Waals surface area (Å²) in [5.41, 5.74) is 2.50. The summed E-state index contributed by atoms with van der Waals surface area (Å²) in [7, 11) is 0. The van der Waals surface area contributed by atoms with E-state index in [0.717, 1.165) is 16.1 Å². The topological polar surface area (TPSA) is 67.4 Å². The number of anilines is 2. The number of para-hydroxylation sites is 3. The Labute approximate surface area is 173 Å². The van der Waals surface area contributed by atoms with Crippen LogP contribution in [0.5, 0.6) is 11.5 Å². The van der Waals surface area contributed by atoms with Crippen molar-refractivity contribution < 1.29 is 14.3 Å². The summed E-state index contributed by atoms with van der Waals surface area (Å²) in [5.74, 6) is 0.844. The summed E-state index contributed by atoms with van der Waals surface area (Å²) in [5, 5.41) is 5.26. The molecule has 0 saturated heterocycles. The predicted molar refractivity (Wildman–Crippen MR) is 116 cm³/mol. The van der Waals surface area contributed by atoms with Crippen LogP contribution >= 0.6 is 11.8 Å². The van der Waals surface area contributed by atoms with E-state index < -0.39 is 5.25 Å². The van der Waals surface area contributed by atoms with Gasteiger partial charge in [-0.15, -0.1) is 11.8 Å². The zero-order chi connectivity index (χ0) is 20.2. The van der Waals surface area contributed by atoms with Gasteiger partial charge < -0.3 is 15.4 Å². The van der Waals surface area contributed by atoms with Gasteiger partial charge in [0.2, 0.25) is 11.8 Å². The van der Waals surface area contributed by atoms with E-state index >= 15 is 0 Å². The molecule has 4 rings (SSSR count). The van der Waals surface area contributed by atoms with Crippen LogP contribution in [0.2, 0.25) is 0 Å². The van der Waals surface area contributed by atoms with Crippen LogP contribution in [-0.4, -0.2) is 17.1 Å². The lowest BCUT2D eigenvalue weighted by molar-refractivity contribution is -0.120. The number of nitrogens with one attached hydrogen (secondary N) is 2. The van der Waals surface area contributed by atoms with Gasteiger partial charge in [-0.25, -0.2) is 0 Å². The van der Waals surface area contributed by atoms with Crippen molar-refractivity contribution >= 4 is 35.0 Å². The van der Waals surface area contributed by atoms with E-state index in [0.29, 0.717) is 17.2 Å². The molecule has 6 heteroatoms. The molecule has 0 aromatic heterocycles. The summed E-state index contributed by atoms with van der Waals surface area (Å²) in [6.45, 7) is 2.01. The van der Waals surface area contributed by atoms with Gasteiger partial charge in [0.1, 0.15) is 5.75 Å². The Morgan fingerprint density at radius 1 is 1.03 bits per heavy atom. The zero-order valence-corrected chi connectivity index (χ0v) is 16.7. The minimum absolute atomic E-state index is 0.0731. The Balaban J connectivity index is 1.44. The summed E-state index contributed by atoms with van der Waals surface area (Å²) in [6.07, 6.45) is 0.0731. The van der Waals surface area contributed by atoms with E-state index in [9.17, 15) is 9.59 Å². The SMILES string of the molecule is Cc1ccc(Oc2ccccc2NC(=O)C[C@@H]2Sc3ccccc3NC2=O)cc1. The molecule has 0 spiro atoms. The normalized spacial score (nSPS) is 15.2. The molecule has 29 heavy (non-hydrogen) atoms. The first-order valence-corrected chi connectivity index (χ1v) is 10.2. The predicted octanol–water partition coefficient (Wildman–Crippen LogP) is 5.23. The summed E-state index contributed by atoms with van der Waals surface area (Å²) in [6, 6.07) is 22.5. The van der Waals surface area contributed by atoms with Crippen molar-refractivity contribution in [3.8, 4) is 11.5 Å². The third kappa shape index (κ3) is 4.60. The molecular formula is C23H20N2O3S. The molecule has 1 aliphatic heterocycles. The number of hydrogen-bond donors (Lipinski definition) is 2. The number of carbonyl (C=O) groups is 2. The Morgan fingerprint density at radius 3 is 2.59 bits per heavy atom. The molecule has 0 unspecified atom stereocenters. The van der Waals surface area contributed by atoms with Crippen molar-refractivity contribution in [3.05, 3.63) is 78.4 Å². The highest BCUT2D eigenvalue weighted by Crippen LogP contribution is 2.37. The Morgan fingerprint density at radius 2 is 1.76 bits per heavy atom. The molecule has 3 aromatic rings. The standard InChI is InChI=1S/C23H20N2O3S/c1-15-10-12-16(13-11-15)28-19-8-4-2-6-17(19)24-22(26)14-21-23(27)25-18-7-3-5-9-20(18)29-21/h2-13,21H,14H2,1H3,(H,24,26)(H,25,27)/t21-/m0/s1. The lowest BCUT2D eigenvalue weighted by atomic mass is 10.2. The maximum absolute atomic E-state index is 12.6. The van der Waals surface area contributed by atoms with Gasteiger partial charge in [0.15, 0.2) is 5.75 Å². The molecule has 0 radical (unpaired) electrons. The fourth-order valence-electron chi connectivity index (χ4n) is 2.99. The molecule has 5 nitrogen and oxygen atoms in total. The third-order valence-corrected chi connectivity index (χ3v) is 5.76. The second-order valence-corrected chi connectivity index (χ2v) is 8.00. The molecule has 2 N–H and O–H groups in total. The molecule has 1 atom stereocenters. The lowest BCUT2D eigenvalue weighted by Gasteiger charge is -2.23. The molecule has 146 valence electrons. The van der Waals surface area contributed by atoms with E-state index in [4.69, 9.17) is 4.74 Å². The van der Waals surface area contributed by atoms with Crippen molar-refractivity contribution in [1.29, 1.82) is 0 Å². The number of amides is 2. The number of rotatable bonds is 5. The number of carbonyl (C=O) groups excluding carboxylic acids is 2. The van der Waals surface area contributed by atoms with Gasteiger partial charge in [-0.05, 0) is 43.3 Å². The zero-order valence-electron chi connectivity index (χ0n) is 15.8.